The Hall–Kier alpha value is -0.650. The fourth-order valence-corrected chi connectivity index (χ4v) is 4.17. The van der Waals surface area contributed by atoms with Gasteiger partial charge in [0.05, 0.1) is 10.8 Å². The number of benzene rings is 1. The molecule has 0 aliphatic carbocycles. The van der Waals surface area contributed by atoms with E-state index in [2.05, 4.69) is 0 Å². The fraction of sp³-hybridized carbons (Fsp3) is 0.538. The topological polar surface area (TPSA) is 52.6 Å². The van der Waals surface area contributed by atoms with Crippen LogP contribution in [0.25, 0.3) is 0 Å². The lowest BCUT2D eigenvalue weighted by molar-refractivity contribution is 0.252. The molecule has 0 aromatic heterocycles. The first-order valence-electron chi connectivity index (χ1n) is 6.38. The Morgan fingerprint density at radius 1 is 1.10 bits per heavy atom. The fourth-order valence-electron chi connectivity index (χ4n) is 2.87. The van der Waals surface area contributed by atoms with Crippen LogP contribution in [0.15, 0.2) is 0 Å². The van der Waals surface area contributed by atoms with Crippen LogP contribution in [-0.2, 0) is 27.6 Å². The Kier molecular flexibility index (Phi) is 3.35. The van der Waals surface area contributed by atoms with Gasteiger partial charge < -0.3 is 9.47 Å². The summed E-state index contributed by atoms with van der Waals surface area (Å²) in [5.74, 6) is 0.897. The van der Waals surface area contributed by atoms with Gasteiger partial charge in [-0.05, 0) is 13.8 Å². The van der Waals surface area contributed by atoms with Crippen LogP contribution in [0.2, 0.25) is 5.02 Å². The second kappa shape index (κ2) is 4.68. The van der Waals surface area contributed by atoms with Crippen molar-refractivity contribution < 1.29 is 17.9 Å². The third kappa shape index (κ3) is 2.36. The highest BCUT2D eigenvalue weighted by Crippen LogP contribution is 2.49. The predicted octanol–water partition coefficient (Wildman–Crippen LogP) is 3.06. The number of fused-ring (bicyclic) bond motifs is 2. The quantitative estimate of drug-likeness (QED) is 0.779. The maximum atomic E-state index is 11.5. The molecule has 0 spiro atoms. The van der Waals surface area contributed by atoms with Gasteiger partial charge >= 0.3 is 0 Å². The van der Waals surface area contributed by atoms with Crippen molar-refractivity contribution in [3.8, 4) is 11.5 Å². The first kappa shape index (κ1) is 14.3. The third-order valence-corrected chi connectivity index (χ3v) is 4.95. The molecular weight excluding hydrogens is 323 g/mol. The van der Waals surface area contributed by atoms with Crippen molar-refractivity contribution in [3.63, 3.8) is 0 Å². The molecule has 2 heterocycles. The van der Waals surface area contributed by atoms with Crippen LogP contribution in [0.1, 0.15) is 30.5 Å². The normalized spacial score (nSPS) is 24.0. The molecule has 2 unspecified atom stereocenters. The average Bonchev–Trinajstić information content (AvgIpc) is 2.86. The van der Waals surface area contributed by atoms with E-state index in [0.29, 0.717) is 34.9 Å². The van der Waals surface area contributed by atoms with Crippen molar-refractivity contribution in [1.82, 2.24) is 0 Å². The molecular formula is C13H14Cl2O4S. The lowest BCUT2D eigenvalue weighted by atomic mass is 9.99. The number of halogens is 2. The van der Waals surface area contributed by atoms with Gasteiger partial charge in [0.1, 0.15) is 23.7 Å². The van der Waals surface area contributed by atoms with Crippen molar-refractivity contribution in [2.75, 3.05) is 0 Å². The second-order valence-corrected chi connectivity index (χ2v) is 8.51. The molecule has 2 atom stereocenters. The monoisotopic (exact) mass is 336 g/mol. The summed E-state index contributed by atoms with van der Waals surface area (Å²) in [5, 5.41) is 0.541. The summed E-state index contributed by atoms with van der Waals surface area (Å²) in [4.78, 5) is 0. The zero-order chi connectivity index (χ0) is 14.7. The van der Waals surface area contributed by atoms with Crippen LogP contribution >= 0.6 is 22.3 Å². The van der Waals surface area contributed by atoms with Crippen LogP contribution in [0.4, 0.5) is 0 Å². The molecule has 0 fully saturated rings. The molecule has 4 nitrogen and oxygen atoms in total. The average molecular weight is 337 g/mol. The lowest BCUT2D eigenvalue weighted by Crippen LogP contribution is -2.08. The molecule has 3 rings (SSSR count). The maximum Gasteiger partial charge on any atom is 0.236 e. The highest BCUT2D eigenvalue weighted by molar-refractivity contribution is 8.13. The molecule has 2 aliphatic heterocycles. The van der Waals surface area contributed by atoms with E-state index in [1.807, 2.05) is 13.8 Å². The molecule has 0 bridgehead atoms. The van der Waals surface area contributed by atoms with Crippen LogP contribution in [0, 0.1) is 0 Å². The second-order valence-electron chi connectivity index (χ2n) is 5.36. The van der Waals surface area contributed by atoms with E-state index >= 15 is 0 Å². The lowest BCUT2D eigenvalue weighted by Gasteiger charge is -2.14. The Morgan fingerprint density at radius 3 is 2.25 bits per heavy atom. The van der Waals surface area contributed by atoms with Gasteiger partial charge in [0.25, 0.3) is 0 Å². The molecule has 0 saturated heterocycles. The molecule has 1 aromatic carbocycles. The van der Waals surface area contributed by atoms with Gasteiger partial charge in [-0.3, -0.25) is 0 Å². The van der Waals surface area contributed by atoms with E-state index in [1.54, 1.807) is 0 Å². The standard InChI is InChI=1S/C13H14Cl2O4S/c1-6-3-8-10(5-20(15,16)17)12-9(4-7(2)18-12)11(14)13(8)19-6/h6-7H,3-5H2,1-2H3. The van der Waals surface area contributed by atoms with E-state index in [4.69, 9.17) is 31.8 Å². The molecule has 2 aliphatic rings. The number of rotatable bonds is 2. The van der Waals surface area contributed by atoms with E-state index in [-0.39, 0.29) is 18.0 Å². The van der Waals surface area contributed by atoms with Gasteiger partial charge in [-0.2, -0.15) is 0 Å². The van der Waals surface area contributed by atoms with Crippen molar-refractivity contribution in [2.24, 2.45) is 0 Å². The number of hydrogen-bond acceptors (Lipinski definition) is 4. The minimum absolute atomic E-state index is 0.0285. The van der Waals surface area contributed by atoms with Gasteiger partial charge in [-0.1, -0.05) is 11.6 Å². The smallest absolute Gasteiger partial charge is 0.236 e. The zero-order valence-electron chi connectivity index (χ0n) is 11.1. The predicted molar refractivity (Wildman–Crippen MR) is 77.5 cm³/mol. The molecule has 1 aromatic rings. The molecule has 20 heavy (non-hydrogen) atoms. The minimum Gasteiger partial charge on any atom is -0.490 e. The number of hydrogen-bond donors (Lipinski definition) is 0. The summed E-state index contributed by atoms with van der Waals surface area (Å²) in [6, 6.07) is 0. The highest BCUT2D eigenvalue weighted by Gasteiger charge is 2.36. The highest BCUT2D eigenvalue weighted by atomic mass is 35.7. The summed E-state index contributed by atoms with van der Waals surface area (Å²) in [5.41, 5.74) is 2.23. The van der Waals surface area contributed by atoms with E-state index in [1.165, 1.54) is 0 Å². The first-order valence-corrected chi connectivity index (χ1v) is 9.23. The van der Waals surface area contributed by atoms with E-state index < -0.39 is 9.05 Å². The number of ether oxygens (including phenoxy) is 2. The Labute approximate surface area is 127 Å². The summed E-state index contributed by atoms with van der Waals surface area (Å²) in [6.07, 6.45) is 1.20. The van der Waals surface area contributed by atoms with Gasteiger partial charge in [-0.15, -0.1) is 0 Å². The molecule has 0 amide bonds. The van der Waals surface area contributed by atoms with E-state index in [0.717, 1.165) is 11.1 Å². The maximum absolute atomic E-state index is 11.5. The van der Waals surface area contributed by atoms with Crippen molar-refractivity contribution >= 4 is 31.3 Å². The SMILES string of the molecule is CC1Cc2c(CS(=O)(=O)Cl)c3c(c(Cl)c2O1)CC(C)O3. The molecule has 0 N–H and O–H groups in total. The largest absolute Gasteiger partial charge is 0.490 e. The Morgan fingerprint density at radius 2 is 1.65 bits per heavy atom. The van der Waals surface area contributed by atoms with Crippen molar-refractivity contribution in [3.05, 3.63) is 21.7 Å². The van der Waals surface area contributed by atoms with Crippen molar-refractivity contribution in [2.45, 2.75) is 44.6 Å². The summed E-state index contributed by atoms with van der Waals surface area (Å²) in [6.45, 7) is 3.84. The molecule has 110 valence electrons. The Bertz CT molecular complexity index is 645. The summed E-state index contributed by atoms with van der Waals surface area (Å²) >= 11 is 6.39. The zero-order valence-corrected chi connectivity index (χ0v) is 13.4. The first-order chi connectivity index (χ1) is 9.26. The summed E-state index contributed by atoms with van der Waals surface area (Å²) < 4.78 is 34.5. The van der Waals surface area contributed by atoms with E-state index in [9.17, 15) is 8.42 Å². The van der Waals surface area contributed by atoms with Crippen LogP contribution in [0.3, 0.4) is 0 Å². The molecule has 7 heteroatoms. The van der Waals surface area contributed by atoms with Gasteiger partial charge in [0.2, 0.25) is 9.05 Å². The molecule has 0 radical (unpaired) electrons. The molecule has 0 saturated carbocycles. The van der Waals surface area contributed by atoms with Gasteiger partial charge in [0.15, 0.2) is 0 Å². The Balaban J connectivity index is 2.23. The van der Waals surface area contributed by atoms with Gasteiger partial charge in [-0.25, -0.2) is 8.42 Å². The van der Waals surface area contributed by atoms with Crippen LogP contribution in [0.5, 0.6) is 11.5 Å². The summed E-state index contributed by atoms with van der Waals surface area (Å²) in [7, 11) is 1.75. The van der Waals surface area contributed by atoms with Crippen LogP contribution in [-0.4, -0.2) is 20.6 Å². The third-order valence-electron chi connectivity index (χ3n) is 3.59. The minimum atomic E-state index is -3.67. The van der Waals surface area contributed by atoms with Crippen LogP contribution < -0.4 is 9.47 Å². The van der Waals surface area contributed by atoms with Crippen molar-refractivity contribution in [1.29, 1.82) is 0 Å². The van der Waals surface area contributed by atoms with Gasteiger partial charge in [0, 0.05) is 40.2 Å².